The summed E-state index contributed by atoms with van der Waals surface area (Å²) in [4.78, 5) is 0. The van der Waals surface area contributed by atoms with Gasteiger partial charge in [-0.05, 0) is 6.92 Å². The van der Waals surface area contributed by atoms with Gasteiger partial charge in [0, 0.05) is 0 Å². The molecule has 3 atom stereocenters. The molecule has 0 N–H and O–H groups in total. The van der Waals surface area contributed by atoms with Crippen molar-refractivity contribution >= 4 is 0 Å². The van der Waals surface area contributed by atoms with Gasteiger partial charge in [0.05, 0.1) is 0 Å². The van der Waals surface area contributed by atoms with Crippen LogP contribution in [0.15, 0.2) is 0 Å². The average molecular weight is 418 g/mol. The lowest BCUT2D eigenvalue weighted by Gasteiger charge is -2.31. The maximum Gasteiger partial charge on any atom is 0.428 e. The summed E-state index contributed by atoms with van der Waals surface area (Å²) in [6, 6.07) is 0. The molecule has 13 heteroatoms. The third-order valence-electron chi connectivity index (χ3n) is 2.79. The maximum atomic E-state index is 12.8. The van der Waals surface area contributed by atoms with E-state index in [0.29, 0.717) is 0 Å². The lowest BCUT2D eigenvalue weighted by atomic mass is 10.1. The van der Waals surface area contributed by atoms with Crippen molar-refractivity contribution in [3.8, 4) is 0 Å². The van der Waals surface area contributed by atoms with Crippen LogP contribution in [0.25, 0.3) is 0 Å². The van der Waals surface area contributed by atoms with E-state index in [9.17, 15) is 52.7 Å². The molecule has 0 aromatic heterocycles. The van der Waals surface area contributed by atoms with Gasteiger partial charge in [-0.1, -0.05) is 33.1 Å². The molecule has 160 valence electrons. The molecule has 0 bridgehead atoms. The third kappa shape index (κ3) is 8.67. The van der Waals surface area contributed by atoms with Crippen LogP contribution in [0.5, 0.6) is 0 Å². The molecule has 0 spiro atoms. The Kier molecular flexibility index (Phi) is 10.4. The topological polar surface area (TPSA) is 9.23 Å². The SMILES string of the molecule is CC(OC(F)(F)C(F)C(F)(F)F)C(F)(F)C(F)C(F)(F)F.CCCCC. The maximum absolute atomic E-state index is 12.8. The van der Waals surface area contributed by atoms with Crippen molar-refractivity contribution in [3.05, 3.63) is 0 Å². The van der Waals surface area contributed by atoms with E-state index in [0.717, 1.165) is 0 Å². The molecule has 0 aromatic rings. The highest BCUT2D eigenvalue weighted by atomic mass is 19.4. The molecule has 1 nitrogen and oxygen atoms in total. The minimum Gasteiger partial charge on any atom is -0.308 e. The van der Waals surface area contributed by atoms with Gasteiger partial charge in [-0.3, -0.25) is 0 Å². The first kappa shape index (κ1) is 27.3. The number of ether oxygens (including phenoxy) is 1. The second-order valence-corrected chi connectivity index (χ2v) is 5.16. The van der Waals surface area contributed by atoms with Crippen molar-refractivity contribution in [2.24, 2.45) is 0 Å². The van der Waals surface area contributed by atoms with Crippen LogP contribution >= 0.6 is 0 Å². The molecule has 0 radical (unpaired) electrons. The Morgan fingerprint density at radius 1 is 0.692 bits per heavy atom. The number of unbranched alkanes of at least 4 members (excludes halogenated alkanes) is 2. The number of hydrogen-bond donors (Lipinski definition) is 0. The Labute approximate surface area is 141 Å². The van der Waals surface area contributed by atoms with Crippen LogP contribution in [0.4, 0.5) is 52.7 Å². The Morgan fingerprint density at radius 3 is 1.27 bits per heavy atom. The molecule has 0 saturated heterocycles. The predicted octanol–water partition coefficient (Wildman–Crippen LogP) is 6.62. The van der Waals surface area contributed by atoms with Gasteiger partial charge in [-0.25, -0.2) is 17.6 Å². The number of rotatable bonds is 7. The lowest BCUT2D eigenvalue weighted by Crippen LogP contribution is -2.54. The molecule has 0 aliphatic heterocycles. The zero-order valence-corrected chi connectivity index (χ0v) is 13.8. The van der Waals surface area contributed by atoms with Gasteiger partial charge < -0.3 is 4.74 Å². The van der Waals surface area contributed by atoms with Crippen molar-refractivity contribution in [1.82, 2.24) is 0 Å². The number of halogens is 12. The highest BCUT2D eigenvalue weighted by Gasteiger charge is 2.64. The van der Waals surface area contributed by atoms with Crippen molar-refractivity contribution in [1.29, 1.82) is 0 Å². The first-order chi connectivity index (χ1) is 11.4. The second-order valence-electron chi connectivity index (χ2n) is 5.16. The van der Waals surface area contributed by atoms with Crippen LogP contribution < -0.4 is 0 Å². The Morgan fingerprint density at radius 2 is 1.04 bits per heavy atom. The molecule has 0 fully saturated rings. The van der Waals surface area contributed by atoms with Crippen LogP contribution in [0.2, 0.25) is 0 Å². The van der Waals surface area contributed by atoms with Crippen LogP contribution in [0, 0.1) is 0 Å². The molecular weight excluding hydrogens is 400 g/mol. The fourth-order valence-corrected chi connectivity index (χ4v) is 1.34. The van der Waals surface area contributed by atoms with Gasteiger partial charge >= 0.3 is 24.4 Å². The molecule has 0 saturated carbocycles. The zero-order chi connectivity index (χ0) is 21.6. The Balaban J connectivity index is 0. The summed E-state index contributed by atoms with van der Waals surface area (Å²) in [6.45, 7) is 4.17. The molecule has 3 unspecified atom stereocenters. The van der Waals surface area contributed by atoms with Gasteiger partial charge in [0.25, 0.3) is 12.3 Å². The normalized spacial score (nSPS) is 17.2. The molecular formula is C13H18F12O. The largest absolute Gasteiger partial charge is 0.428 e. The Bertz CT molecular complexity index is 388. The quantitative estimate of drug-likeness (QED) is 0.423. The minimum atomic E-state index is -6.22. The highest BCUT2D eigenvalue weighted by Crippen LogP contribution is 2.42. The van der Waals surface area contributed by atoms with Gasteiger partial charge in [-0.2, -0.15) is 35.1 Å². The summed E-state index contributed by atoms with van der Waals surface area (Å²) < 4.78 is 149. The van der Waals surface area contributed by atoms with E-state index in [1.54, 1.807) is 0 Å². The van der Waals surface area contributed by atoms with Crippen LogP contribution in [-0.2, 0) is 4.74 Å². The summed E-state index contributed by atoms with van der Waals surface area (Å²) in [5.41, 5.74) is 0. The summed E-state index contributed by atoms with van der Waals surface area (Å²) in [5.74, 6) is -5.66. The summed E-state index contributed by atoms with van der Waals surface area (Å²) in [5, 5.41) is 0. The average Bonchev–Trinajstić information content (AvgIpc) is 2.44. The van der Waals surface area contributed by atoms with Gasteiger partial charge in [0.1, 0.15) is 6.10 Å². The van der Waals surface area contributed by atoms with E-state index >= 15 is 0 Å². The molecule has 0 aromatic carbocycles. The standard InChI is InChI=1S/C8H6F12O.C5H12/c1-2(5(11,12)3(9)6(13,14)15)21-8(19,20)4(10)7(16,17)18;1-3-5-4-2/h2-4H,1H3;3-5H2,1-2H3. The van der Waals surface area contributed by atoms with Crippen LogP contribution in [0.1, 0.15) is 40.0 Å². The minimum absolute atomic E-state index is 0.255. The highest BCUT2D eigenvalue weighted by molar-refractivity contribution is 4.89. The molecule has 0 amide bonds. The fraction of sp³-hybridized carbons (Fsp3) is 1.00. The lowest BCUT2D eigenvalue weighted by molar-refractivity contribution is -0.373. The van der Waals surface area contributed by atoms with Crippen LogP contribution in [0.3, 0.4) is 0 Å². The fourth-order valence-electron chi connectivity index (χ4n) is 1.34. The van der Waals surface area contributed by atoms with Crippen molar-refractivity contribution in [2.45, 2.75) is 82.9 Å². The second kappa shape index (κ2) is 9.88. The van der Waals surface area contributed by atoms with E-state index in [1.165, 1.54) is 19.3 Å². The van der Waals surface area contributed by atoms with Crippen LogP contribution in [-0.4, -0.2) is 42.8 Å². The molecule has 0 aliphatic carbocycles. The molecule has 0 aliphatic rings. The van der Waals surface area contributed by atoms with E-state index < -0.39 is 42.8 Å². The van der Waals surface area contributed by atoms with E-state index in [2.05, 4.69) is 18.6 Å². The van der Waals surface area contributed by atoms with Crippen molar-refractivity contribution < 1.29 is 57.4 Å². The summed E-state index contributed by atoms with van der Waals surface area (Å²) in [7, 11) is 0. The first-order valence-electron chi connectivity index (χ1n) is 7.20. The smallest absolute Gasteiger partial charge is 0.308 e. The summed E-state index contributed by atoms with van der Waals surface area (Å²) >= 11 is 0. The number of hydrogen-bond acceptors (Lipinski definition) is 1. The van der Waals surface area contributed by atoms with Gasteiger partial charge in [-0.15, -0.1) is 0 Å². The van der Waals surface area contributed by atoms with Gasteiger partial charge in [0.2, 0.25) is 0 Å². The summed E-state index contributed by atoms with van der Waals surface area (Å²) in [6.07, 6.45) is -28.0. The number of alkyl halides is 12. The molecule has 0 heterocycles. The van der Waals surface area contributed by atoms with Crippen molar-refractivity contribution in [3.63, 3.8) is 0 Å². The van der Waals surface area contributed by atoms with Crippen molar-refractivity contribution in [2.75, 3.05) is 0 Å². The predicted molar refractivity (Wildman–Crippen MR) is 67.5 cm³/mol. The Hall–Kier alpha value is -0.880. The monoisotopic (exact) mass is 418 g/mol. The van der Waals surface area contributed by atoms with E-state index in [4.69, 9.17) is 0 Å². The zero-order valence-electron chi connectivity index (χ0n) is 13.8. The third-order valence-corrected chi connectivity index (χ3v) is 2.79. The first-order valence-corrected chi connectivity index (χ1v) is 7.20. The molecule has 0 rings (SSSR count). The van der Waals surface area contributed by atoms with Gasteiger partial charge in [0.15, 0.2) is 0 Å². The van der Waals surface area contributed by atoms with E-state index in [1.807, 2.05) is 0 Å². The molecule has 26 heavy (non-hydrogen) atoms. The van der Waals surface area contributed by atoms with E-state index in [-0.39, 0.29) is 6.92 Å².